The highest BCUT2D eigenvalue weighted by molar-refractivity contribution is 6.18. The van der Waals surface area contributed by atoms with Crippen LogP contribution in [-0.2, 0) is 9.59 Å². The number of urea groups is 1. The van der Waals surface area contributed by atoms with Gasteiger partial charge in [-0.15, -0.1) is 0 Å². The largest absolute Gasteiger partial charge is 0.330 e. The van der Waals surface area contributed by atoms with Crippen LogP contribution >= 0.6 is 0 Å². The summed E-state index contributed by atoms with van der Waals surface area (Å²) in [6, 6.07) is -0.541. The van der Waals surface area contributed by atoms with Crippen molar-refractivity contribution in [3.63, 3.8) is 0 Å². The van der Waals surface area contributed by atoms with Crippen molar-refractivity contribution < 1.29 is 14.4 Å². The minimum atomic E-state index is -1.13. The number of carbonyl (C=O) groups excluding carboxylic acids is 3. The number of amides is 4. The first kappa shape index (κ1) is 12.6. The van der Waals surface area contributed by atoms with E-state index in [4.69, 9.17) is 0 Å². The smallest absolute Gasteiger partial charge is 0.277 e. The number of barbiturate groups is 1. The van der Waals surface area contributed by atoms with Crippen LogP contribution in [0.2, 0.25) is 0 Å². The van der Waals surface area contributed by atoms with Gasteiger partial charge in [0.05, 0.1) is 0 Å². The lowest BCUT2D eigenvalue weighted by Crippen LogP contribution is -2.62. The van der Waals surface area contributed by atoms with Crippen LogP contribution < -0.4 is 5.32 Å². The van der Waals surface area contributed by atoms with E-state index in [2.05, 4.69) is 5.32 Å². The van der Waals surface area contributed by atoms with Gasteiger partial charge in [-0.3, -0.25) is 19.8 Å². The summed E-state index contributed by atoms with van der Waals surface area (Å²) in [4.78, 5) is 37.2. The molecule has 0 unspecified atom stereocenters. The Kier molecular flexibility index (Phi) is 2.69. The molecule has 1 heterocycles. The average Bonchev–Trinajstić information content (AvgIpc) is 3.20. The second kappa shape index (κ2) is 4.05. The molecule has 1 N–H and O–H groups in total. The maximum absolute atomic E-state index is 12.3. The third-order valence-corrected chi connectivity index (χ3v) is 4.66. The number of imide groups is 2. The molecule has 3 rings (SSSR count). The van der Waals surface area contributed by atoms with E-state index in [0.717, 1.165) is 0 Å². The first-order chi connectivity index (χ1) is 8.91. The van der Waals surface area contributed by atoms with Crippen LogP contribution in [-0.4, -0.2) is 29.3 Å². The van der Waals surface area contributed by atoms with E-state index in [-0.39, 0.29) is 5.91 Å². The van der Waals surface area contributed by atoms with Crippen molar-refractivity contribution in [1.82, 2.24) is 10.2 Å². The fourth-order valence-corrected chi connectivity index (χ4v) is 2.96. The second-order valence-corrected chi connectivity index (χ2v) is 6.64. The number of nitrogens with one attached hydrogen (secondary N) is 1. The summed E-state index contributed by atoms with van der Waals surface area (Å²) in [7, 11) is 0. The lowest BCUT2D eigenvalue weighted by Gasteiger charge is -2.36. The van der Waals surface area contributed by atoms with Crippen LogP contribution in [0, 0.1) is 23.2 Å². The zero-order chi connectivity index (χ0) is 13.8. The lowest BCUT2D eigenvalue weighted by molar-refractivity contribution is -0.149. The summed E-state index contributed by atoms with van der Waals surface area (Å²) in [6.45, 7) is 3.64. The molecule has 0 aromatic carbocycles. The van der Waals surface area contributed by atoms with Gasteiger partial charge in [-0.05, 0) is 57.3 Å². The van der Waals surface area contributed by atoms with Gasteiger partial charge in [0, 0.05) is 6.54 Å². The molecule has 3 fully saturated rings. The van der Waals surface area contributed by atoms with Gasteiger partial charge in [0.1, 0.15) is 5.41 Å². The third kappa shape index (κ3) is 2.15. The Labute approximate surface area is 112 Å². The Morgan fingerprint density at radius 3 is 2.16 bits per heavy atom. The SMILES string of the molecule is CC1(C)C(=O)NC(=O)N(CC(C2CC2)C2CC2)C1=O. The summed E-state index contributed by atoms with van der Waals surface area (Å²) in [6.07, 6.45) is 4.86. The molecule has 0 aromatic heterocycles. The van der Waals surface area contributed by atoms with Gasteiger partial charge in [0.2, 0.25) is 11.8 Å². The molecule has 0 spiro atoms. The Balaban J connectivity index is 1.76. The number of hydrogen-bond acceptors (Lipinski definition) is 3. The quantitative estimate of drug-likeness (QED) is 0.783. The van der Waals surface area contributed by atoms with Gasteiger partial charge in [-0.25, -0.2) is 4.79 Å². The molecule has 1 aliphatic heterocycles. The van der Waals surface area contributed by atoms with Crippen LogP contribution in [0.15, 0.2) is 0 Å². The molecule has 2 aliphatic carbocycles. The molecular weight excluding hydrogens is 244 g/mol. The first-order valence-electron chi connectivity index (χ1n) is 7.08. The molecule has 0 atom stereocenters. The van der Waals surface area contributed by atoms with E-state index in [1.54, 1.807) is 13.8 Å². The third-order valence-electron chi connectivity index (χ3n) is 4.66. The molecule has 5 heteroatoms. The second-order valence-electron chi connectivity index (χ2n) is 6.64. The van der Waals surface area contributed by atoms with Crippen LogP contribution in [0.1, 0.15) is 39.5 Å². The highest BCUT2D eigenvalue weighted by Crippen LogP contribution is 2.49. The van der Waals surface area contributed by atoms with Crippen LogP contribution in [0.5, 0.6) is 0 Å². The van der Waals surface area contributed by atoms with Gasteiger partial charge >= 0.3 is 6.03 Å². The molecule has 5 nitrogen and oxygen atoms in total. The van der Waals surface area contributed by atoms with Gasteiger partial charge in [-0.1, -0.05) is 0 Å². The number of carbonyl (C=O) groups is 3. The Morgan fingerprint density at radius 1 is 1.16 bits per heavy atom. The van der Waals surface area contributed by atoms with Crippen LogP contribution in [0.25, 0.3) is 0 Å². The molecule has 3 aliphatic rings. The summed E-state index contributed by atoms with van der Waals surface area (Å²) in [5, 5.41) is 2.30. The Hall–Kier alpha value is -1.39. The fraction of sp³-hybridized carbons (Fsp3) is 0.786. The number of nitrogens with zero attached hydrogens (tertiary/aromatic N) is 1. The van der Waals surface area contributed by atoms with Crippen molar-refractivity contribution in [3.8, 4) is 0 Å². The summed E-state index contributed by atoms with van der Waals surface area (Å²) in [5.74, 6) is 0.946. The van der Waals surface area contributed by atoms with E-state index in [0.29, 0.717) is 24.3 Å². The van der Waals surface area contributed by atoms with E-state index < -0.39 is 17.4 Å². The maximum atomic E-state index is 12.3. The van der Waals surface area contributed by atoms with Crippen molar-refractivity contribution in [1.29, 1.82) is 0 Å². The minimum absolute atomic E-state index is 0.354. The molecule has 19 heavy (non-hydrogen) atoms. The Bertz CT molecular complexity index is 438. The molecule has 104 valence electrons. The molecule has 0 radical (unpaired) electrons. The first-order valence-corrected chi connectivity index (χ1v) is 7.08. The molecule has 1 saturated heterocycles. The Morgan fingerprint density at radius 2 is 1.68 bits per heavy atom. The maximum Gasteiger partial charge on any atom is 0.330 e. The predicted molar refractivity (Wildman–Crippen MR) is 68.0 cm³/mol. The molecule has 0 aromatic rings. The summed E-state index contributed by atoms with van der Waals surface area (Å²) < 4.78 is 0. The highest BCUT2D eigenvalue weighted by Gasteiger charge is 2.50. The average molecular weight is 264 g/mol. The molecule has 4 amide bonds. The minimum Gasteiger partial charge on any atom is -0.277 e. The van der Waals surface area contributed by atoms with Gasteiger partial charge in [-0.2, -0.15) is 0 Å². The zero-order valence-corrected chi connectivity index (χ0v) is 11.4. The van der Waals surface area contributed by atoms with E-state index in [1.807, 2.05) is 0 Å². The van der Waals surface area contributed by atoms with Crippen molar-refractivity contribution in [2.45, 2.75) is 39.5 Å². The number of rotatable bonds is 4. The monoisotopic (exact) mass is 264 g/mol. The number of hydrogen-bond donors (Lipinski definition) is 1. The fourth-order valence-electron chi connectivity index (χ4n) is 2.96. The topological polar surface area (TPSA) is 66.5 Å². The van der Waals surface area contributed by atoms with Gasteiger partial charge in [0.15, 0.2) is 0 Å². The molecule has 2 saturated carbocycles. The summed E-state index contributed by atoms with van der Waals surface area (Å²) >= 11 is 0. The van der Waals surface area contributed by atoms with Crippen LogP contribution in [0.4, 0.5) is 4.79 Å². The van der Waals surface area contributed by atoms with Crippen molar-refractivity contribution in [3.05, 3.63) is 0 Å². The highest BCUT2D eigenvalue weighted by atomic mass is 16.2. The van der Waals surface area contributed by atoms with Crippen molar-refractivity contribution in [2.75, 3.05) is 6.54 Å². The van der Waals surface area contributed by atoms with Gasteiger partial charge < -0.3 is 0 Å². The van der Waals surface area contributed by atoms with E-state index >= 15 is 0 Å². The van der Waals surface area contributed by atoms with Crippen LogP contribution in [0.3, 0.4) is 0 Å². The van der Waals surface area contributed by atoms with Gasteiger partial charge in [0.25, 0.3) is 0 Å². The molecule has 0 bridgehead atoms. The van der Waals surface area contributed by atoms with Crippen molar-refractivity contribution in [2.24, 2.45) is 23.2 Å². The normalized spacial score (nSPS) is 26.9. The van der Waals surface area contributed by atoms with E-state index in [1.165, 1.54) is 30.6 Å². The molecular formula is C14H20N2O3. The van der Waals surface area contributed by atoms with E-state index in [9.17, 15) is 14.4 Å². The van der Waals surface area contributed by atoms with Crippen molar-refractivity contribution >= 4 is 17.8 Å². The predicted octanol–water partition coefficient (Wildman–Crippen LogP) is 1.53. The summed E-state index contributed by atoms with van der Waals surface area (Å²) in [5.41, 5.74) is -1.13. The zero-order valence-electron chi connectivity index (χ0n) is 11.4. The lowest BCUT2D eigenvalue weighted by atomic mass is 9.87. The standard InChI is InChI=1S/C14H20N2O3/c1-14(2)11(17)15-13(19)16(12(14)18)7-10(8-3-4-8)9-5-6-9/h8-10H,3-7H2,1-2H3,(H,15,17,19).